The summed E-state index contributed by atoms with van der Waals surface area (Å²) < 4.78 is 0. The maximum atomic E-state index is 14.1. The van der Waals surface area contributed by atoms with Gasteiger partial charge in [0.15, 0.2) is 0 Å². The zero-order chi connectivity index (χ0) is 76.9. The first kappa shape index (κ1) is 75.3. The van der Waals surface area contributed by atoms with Crippen molar-refractivity contribution in [3.8, 4) is 23.0 Å². The third kappa shape index (κ3) is 13.8. The van der Waals surface area contributed by atoms with Gasteiger partial charge < -0.3 is 20.4 Å². The van der Waals surface area contributed by atoms with E-state index in [1.807, 2.05) is 24.3 Å². The van der Waals surface area contributed by atoms with Crippen LogP contribution in [0, 0.1) is 0 Å². The molecule has 0 radical (unpaired) electrons. The third-order valence-electron chi connectivity index (χ3n) is 24.9. The van der Waals surface area contributed by atoms with Gasteiger partial charge in [0, 0.05) is 99.7 Å². The Balaban J connectivity index is 1.17. The number of benzene rings is 13. The Labute approximate surface area is 643 Å². The highest BCUT2D eigenvalue weighted by molar-refractivity contribution is 5.68. The summed E-state index contributed by atoms with van der Waals surface area (Å²) >= 11 is 0. The molecule has 13 aromatic rings. The molecule has 0 unspecified atom stereocenters. The number of hydrogen-bond acceptors (Lipinski definition) is 4. The number of aromatic hydroxyl groups is 4. The average Bonchev–Trinajstić information content (AvgIpc) is 0.733. The molecule has 0 atom stereocenters. The Morgan fingerprint density at radius 3 is 0.454 bits per heavy atom. The third-order valence-corrected chi connectivity index (χ3v) is 24.9. The predicted octanol–water partition coefficient (Wildman–Crippen LogP) is 25.5. The van der Waals surface area contributed by atoms with E-state index in [-0.39, 0.29) is 23.0 Å². The van der Waals surface area contributed by atoms with Crippen LogP contribution in [0.2, 0.25) is 0 Å². The highest BCUT2D eigenvalue weighted by Gasteiger charge is 2.42. The summed E-state index contributed by atoms with van der Waals surface area (Å²) in [6.07, 6.45) is 0. The normalized spacial score (nSPS) is 12.8. The average molecular weight is 1420 g/mol. The standard InChI is InChI=1S/C104H106O4/c1-97(2,71-41-25-17-26-42-71)79-61-83(93(105)87(65-79)101(9,10)75-49-33-21-34-50-75)91(84-62-80(98(3,4)72-43-27-18-28-44-72)66-88(94(84)106)102(11,12)76-51-35-22-36-52-76)69-57-59-70(60-58-69)92(85-63-81(99(5,6)73-45-29-19-30-46-73)67-89(95(85)107)103(13,14)77-53-37-23-38-54-77)86-64-82(100(7,8)74-47-31-20-32-48-74)68-90(96(86)108)104(15,16)78-55-39-24-40-56-78/h17-68,91-92,105-108H,1-16H3. The molecular formula is C104H106O4. The van der Waals surface area contributed by atoms with Gasteiger partial charge in [-0.1, -0.05) is 426 Å². The lowest BCUT2D eigenvalue weighted by Crippen LogP contribution is -2.26. The van der Waals surface area contributed by atoms with Crippen molar-refractivity contribution in [2.24, 2.45) is 0 Å². The summed E-state index contributed by atoms with van der Waals surface area (Å²) in [5, 5.41) is 56.4. The van der Waals surface area contributed by atoms with Crippen molar-refractivity contribution in [1.29, 1.82) is 0 Å². The molecule has 546 valence electrons. The Kier molecular flexibility index (Phi) is 20.2. The second-order valence-corrected chi connectivity index (χ2v) is 34.3. The first-order chi connectivity index (χ1) is 51.3. The van der Waals surface area contributed by atoms with Crippen molar-refractivity contribution in [2.45, 2.75) is 166 Å². The molecule has 0 spiro atoms. The monoisotopic (exact) mass is 1420 g/mol. The van der Waals surface area contributed by atoms with Gasteiger partial charge in [-0.05, 0) is 77.9 Å². The van der Waals surface area contributed by atoms with E-state index in [9.17, 15) is 20.4 Å². The Morgan fingerprint density at radius 1 is 0.167 bits per heavy atom. The molecule has 0 saturated carbocycles. The van der Waals surface area contributed by atoms with Crippen LogP contribution < -0.4 is 0 Å². The summed E-state index contributed by atoms with van der Waals surface area (Å²) in [5.41, 5.74) is 14.5. The first-order valence-electron chi connectivity index (χ1n) is 38.4. The minimum atomic E-state index is -0.824. The fourth-order valence-corrected chi connectivity index (χ4v) is 16.9. The Hall–Kier alpha value is -10.9. The Bertz CT molecular complexity index is 4660. The van der Waals surface area contributed by atoms with Crippen LogP contribution in [0.25, 0.3) is 0 Å². The van der Waals surface area contributed by atoms with Crippen molar-refractivity contribution in [3.05, 3.63) is 438 Å². The quantitative estimate of drug-likeness (QED) is 0.0510. The van der Waals surface area contributed by atoms with Gasteiger partial charge in [0.05, 0.1) is 0 Å². The van der Waals surface area contributed by atoms with E-state index in [1.54, 1.807) is 0 Å². The molecule has 0 amide bonds. The second kappa shape index (κ2) is 29.0. The van der Waals surface area contributed by atoms with E-state index >= 15 is 0 Å². The van der Waals surface area contributed by atoms with E-state index < -0.39 is 55.2 Å². The number of phenolic OH excluding ortho intramolecular Hbond substituents is 4. The molecule has 4 N–H and O–H groups in total. The molecule has 4 nitrogen and oxygen atoms in total. The summed E-state index contributed by atoms with van der Waals surface area (Å²) in [7, 11) is 0. The van der Waals surface area contributed by atoms with Crippen molar-refractivity contribution in [1.82, 2.24) is 0 Å². The fraction of sp³-hybridized carbons (Fsp3) is 0.250. The van der Waals surface area contributed by atoms with E-state index in [2.05, 4.69) is 402 Å². The van der Waals surface area contributed by atoms with Crippen molar-refractivity contribution in [3.63, 3.8) is 0 Å². The van der Waals surface area contributed by atoms with Crippen LogP contribution in [-0.4, -0.2) is 20.4 Å². The van der Waals surface area contributed by atoms with Crippen LogP contribution in [-0.2, 0) is 43.3 Å². The van der Waals surface area contributed by atoms with Crippen LogP contribution in [0.3, 0.4) is 0 Å². The van der Waals surface area contributed by atoms with Gasteiger partial charge in [-0.15, -0.1) is 0 Å². The lowest BCUT2D eigenvalue weighted by Gasteiger charge is -2.36. The molecule has 108 heavy (non-hydrogen) atoms. The van der Waals surface area contributed by atoms with Gasteiger partial charge in [-0.3, -0.25) is 0 Å². The van der Waals surface area contributed by atoms with Crippen LogP contribution in [0.4, 0.5) is 0 Å². The lowest BCUT2D eigenvalue weighted by atomic mass is 9.68. The fourth-order valence-electron chi connectivity index (χ4n) is 16.9. The van der Waals surface area contributed by atoms with Crippen LogP contribution in [0.5, 0.6) is 23.0 Å². The summed E-state index contributed by atoms with van der Waals surface area (Å²) in [6, 6.07) is 111. The predicted molar refractivity (Wildman–Crippen MR) is 449 cm³/mol. The van der Waals surface area contributed by atoms with E-state index in [0.717, 1.165) is 100 Å². The van der Waals surface area contributed by atoms with Crippen molar-refractivity contribution < 1.29 is 20.4 Å². The largest absolute Gasteiger partial charge is 0.507 e. The number of phenols is 4. The molecule has 13 rings (SSSR count). The number of hydrogen-bond donors (Lipinski definition) is 4. The molecule has 0 bridgehead atoms. The minimum absolute atomic E-state index is 0.132. The topological polar surface area (TPSA) is 80.9 Å². The molecule has 0 aliphatic rings. The first-order valence-corrected chi connectivity index (χ1v) is 38.4. The molecular weight excluding hydrogens is 1310 g/mol. The molecule has 0 aliphatic carbocycles. The smallest absolute Gasteiger partial charge is 0.123 e. The molecule has 4 heteroatoms. The summed E-state index contributed by atoms with van der Waals surface area (Å²) in [5.74, 6) is -1.12. The van der Waals surface area contributed by atoms with Crippen LogP contribution in [0.15, 0.2) is 315 Å². The summed E-state index contributed by atoms with van der Waals surface area (Å²) in [4.78, 5) is 0. The molecule has 13 aromatic carbocycles. The van der Waals surface area contributed by atoms with E-state index in [4.69, 9.17) is 0 Å². The van der Waals surface area contributed by atoms with Gasteiger partial charge in [-0.25, -0.2) is 0 Å². The van der Waals surface area contributed by atoms with Gasteiger partial charge in [-0.2, -0.15) is 0 Å². The molecule has 0 saturated heterocycles. The summed E-state index contributed by atoms with van der Waals surface area (Å²) in [6.45, 7) is 35.7. The van der Waals surface area contributed by atoms with Crippen LogP contribution in [0.1, 0.15) is 245 Å². The zero-order valence-electron chi connectivity index (χ0n) is 66.0. The number of rotatable bonds is 22. The molecule has 0 fully saturated rings. The Morgan fingerprint density at radius 2 is 0.306 bits per heavy atom. The molecule has 0 heterocycles. The zero-order valence-corrected chi connectivity index (χ0v) is 66.0. The van der Waals surface area contributed by atoms with E-state index in [0.29, 0.717) is 22.3 Å². The van der Waals surface area contributed by atoms with Crippen molar-refractivity contribution >= 4 is 0 Å². The highest BCUT2D eigenvalue weighted by atomic mass is 16.3. The highest BCUT2D eigenvalue weighted by Crippen LogP contribution is 2.56. The van der Waals surface area contributed by atoms with Crippen LogP contribution >= 0.6 is 0 Å². The van der Waals surface area contributed by atoms with Gasteiger partial charge in [0.2, 0.25) is 0 Å². The van der Waals surface area contributed by atoms with Gasteiger partial charge in [0.25, 0.3) is 0 Å². The maximum Gasteiger partial charge on any atom is 0.123 e. The SMILES string of the molecule is CC(C)(c1ccccc1)c1cc(C(c2ccc(C(c3cc(C(C)(C)c4ccccc4)cc(C(C)(C)c4ccccc4)c3O)c3cc(C(C)(C)c4ccccc4)cc(C(C)(C)c4ccccc4)c3O)cc2)c2cc(C(C)(C)c3ccccc3)cc(C(C)(C)c3ccccc3)c2O)c(O)c(C(C)(C)c2ccccc2)c1. The van der Waals surface area contributed by atoms with E-state index in [1.165, 1.54) is 0 Å². The van der Waals surface area contributed by atoms with Gasteiger partial charge in [0.1, 0.15) is 23.0 Å². The molecule has 0 aromatic heterocycles. The van der Waals surface area contributed by atoms with Crippen molar-refractivity contribution in [2.75, 3.05) is 0 Å². The second-order valence-electron chi connectivity index (χ2n) is 34.3. The van der Waals surface area contributed by atoms with Gasteiger partial charge >= 0.3 is 0 Å². The molecule has 0 aliphatic heterocycles. The minimum Gasteiger partial charge on any atom is -0.507 e. The maximum absolute atomic E-state index is 14.1. The lowest BCUT2D eigenvalue weighted by molar-refractivity contribution is 0.434.